The Hall–Kier alpha value is -2.58. The summed E-state index contributed by atoms with van der Waals surface area (Å²) in [6, 6.07) is 27.3. The molecule has 30 heavy (non-hydrogen) atoms. The standard InChI is InChI=1S/C28H33NO/c1-2-11-23-12-7-8-13-24(23)22-28(30,25-14-5-3-6-15-25)26-16-18-27(19-17-26)29-20-9-4-10-21-29/h3,5-8,12-19,30H,2,4,9-11,20-22H2,1H3. The molecule has 0 saturated carbocycles. The van der Waals surface area contributed by atoms with Crippen LogP contribution in [0.4, 0.5) is 5.69 Å². The van der Waals surface area contributed by atoms with Gasteiger partial charge in [-0.3, -0.25) is 0 Å². The number of piperidine rings is 1. The first-order valence-corrected chi connectivity index (χ1v) is 11.4. The zero-order valence-electron chi connectivity index (χ0n) is 18.1. The molecule has 1 heterocycles. The molecule has 1 atom stereocenters. The van der Waals surface area contributed by atoms with Crippen LogP contribution in [0.2, 0.25) is 0 Å². The van der Waals surface area contributed by atoms with Gasteiger partial charge in [0.1, 0.15) is 5.60 Å². The van der Waals surface area contributed by atoms with Crippen molar-refractivity contribution in [2.45, 2.75) is 51.0 Å². The van der Waals surface area contributed by atoms with E-state index in [1.54, 1.807) is 0 Å². The molecule has 156 valence electrons. The minimum Gasteiger partial charge on any atom is -0.380 e. The van der Waals surface area contributed by atoms with Crippen molar-refractivity contribution in [3.63, 3.8) is 0 Å². The number of benzene rings is 3. The van der Waals surface area contributed by atoms with Crippen LogP contribution in [-0.4, -0.2) is 18.2 Å². The number of hydrogen-bond acceptors (Lipinski definition) is 2. The van der Waals surface area contributed by atoms with Crippen molar-refractivity contribution < 1.29 is 5.11 Å². The van der Waals surface area contributed by atoms with Crippen molar-refractivity contribution in [2.75, 3.05) is 18.0 Å². The summed E-state index contributed by atoms with van der Waals surface area (Å²) in [7, 11) is 0. The minimum atomic E-state index is -1.05. The fourth-order valence-electron chi connectivity index (χ4n) is 4.70. The van der Waals surface area contributed by atoms with E-state index in [4.69, 9.17) is 0 Å². The van der Waals surface area contributed by atoms with Crippen LogP contribution >= 0.6 is 0 Å². The van der Waals surface area contributed by atoms with E-state index >= 15 is 0 Å². The molecule has 2 nitrogen and oxygen atoms in total. The van der Waals surface area contributed by atoms with Crippen LogP contribution < -0.4 is 4.90 Å². The lowest BCUT2D eigenvalue weighted by Crippen LogP contribution is -2.31. The fourth-order valence-corrected chi connectivity index (χ4v) is 4.70. The van der Waals surface area contributed by atoms with Crippen molar-refractivity contribution in [3.8, 4) is 0 Å². The van der Waals surface area contributed by atoms with Crippen molar-refractivity contribution in [3.05, 3.63) is 101 Å². The molecule has 4 rings (SSSR count). The predicted molar refractivity (Wildman–Crippen MR) is 126 cm³/mol. The highest BCUT2D eigenvalue weighted by molar-refractivity contribution is 5.51. The molecule has 0 amide bonds. The highest BCUT2D eigenvalue weighted by Crippen LogP contribution is 2.35. The molecule has 0 radical (unpaired) electrons. The Labute approximate surface area is 181 Å². The fraction of sp³-hybridized carbons (Fsp3) is 0.357. The normalized spacial score (nSPS) is 16.3. The van der Waals surface area contributed by atoms with Crippen LogP contribution in [0, 0.1) is 0 Å². The van der Waals surface area contributed by atoms with Crippen LogP contribution in [-0.2, 0) is 18.4 Å². The Morgan fingerprint density at radius 3 is 2.00 bits per heavy atom. The summed E-state index contributed by atoms with van der Waals surface area (Å²) in [5.41, 5.74) is 4.68. The lowest BCUT2D eigenvalue weighted by Gasteiger charge is -2.32. The third kappa shape index (κ3) is 4.44. The van der Waals surface area contributed by atoms with Gasteiger partial charge in [-0.2, -0.15) is 0 Å². The second-order valence-electron chi connectivity index (χ2n) is 8.52. The first-order valence-electron chi connectivity index (χ1n) is 11.4. The Bertz CT molecular complexity index is 928. The maximum atomic E-state index is 12.1. The Kier molecular flexibility index (Phi) is 6.54. The first-order chi connectivity index (χ1) is 14.7. The maximum absolute atomic E-state index is 12.1. The number of hydrogen-bond donors (Lipinski definition) is 1. The van der Waals surface area contributed by atoms with Crippen molar-refractivity contribution in [1.29, 1.82) is 0 Å². The van der Waals surface area contributed by atoms with Gasteiger partial charge in [0, 0.05) is 25.2 Å². The van der Waals surface area contributed by atoms with Gasteiger partial charge in [-0.25, -0.2) is 0 Å². The summed E-state index contributed by atoms with van der Waals surface area (Å²) in [5.74, 6) is 0. The molecule has 1 aliphatic rings. The summed E-state index contributed by atoms with van der Waals surface area (Å²) < 4.78 is 0. The highest BCUT2D eigenvalue weighted by Gasteiger charge is 2.32. The summed E-state index contributed by atoms with van der Waals surface area (Å²) in [4.78, 5) is 2.46. The molecule has 1 aliphatic heterocycles. The van der Waals surface area contributed by atoms with Gasteiger partial charge in [0.25, 0.3) is 0 Å². The van der Waals surface area contributed by atoms with Crippen molar-refractivity contribution >= 4 is 5.69 Å². The van der Waals surface area contributed by atoms with E-state index in [1.165, 1.54) is 36.1 Å². The molecule has 3 aromatic carbocycles. The van der Waals surface area contributed by atoms with Crippen LogP contribution in [0.15, 0.2) is 78.9 Å². The molecule has 0 aromatic heterocycles. The Balaban J connectivity index is 1.70. The van der Waals surface area contributed by atoms with Crippen LogP contribution in [0.3, 0.4) is 0 Å². The SMILES string of the molecule is CCCc1ccccc1CC(O)(c1ccccc1)c1ccc(N2CCCCC2)cc1. The van der Waals surface area contributed by atoms with Crippen LogP contribution in [0.25, 0.3) is 0 Å². The van der Waals surface area contributed by atoms with Gasteiger partial charge in [-0.15, -0.1) is 0 Å². The summed E-state index contributed by atoms with van der Waals surface area (Å²) >= 11 is 0. The topological polar surface area (TPSA) is 23.5 Å². The van der Waals surface area contributed by atoms with E-state index < -0.39 is 5.60 Å². The monoisotopic (exact) mass is 399 g/mol. The number of anilines is 1. The average Bonchev–Trinajstić information content (AvgIpc) is 2.82. The molecule has 0 aliphatic carbocycles. The molecule has 0 spiro atoms. The van der Waals surface area contributed by atoms with E-state index in [9.17, 15) is 5.11 Å². The van der Waals surface area contributed by atoms with E-state index in [-0.39, 0.29) is 0 Å². The van der Waals surface area contributed by atoms with E-state index in [2.05, 4.69) is 60.4 Å². The Morgan fingerprint density at radius 1 is 0.733 bits per heavy atom. The van der Waals surface area contributed by atoms with Crippen LogP contribution in [0.5, 0.6) is 0 Å². The summed E-state index contributed by atoms with van der Waals surface area (Å²) in [6.45, 7) is 4.47. The quantitative estimate of drug-likeness (QED) is 0.518. The zero-order valence-corrected chi connectivity index (χ0v) is 18.1. The lowest BCUT2D eigenvalue weighted by atomic mass is 9.80. The zero-order chi connectivity index (χ0) is 20.8. The third-order valence-electron chi connectivity index (χ3n) is 6.40. The molecular weight excluding hydrogens is 366 g/mol. The Morgan fingerprint density at radius 2 is 1.33 bits per heavy atom. The van der Waals surface area contributed by atoms with Gasteiger partial charge in [0.15, 0.2) is 0 Å². The molecule has 1 unspecified atom stereocenters. The molecule has 2 heteroatoms. The van der Waals surface area contributed by atoms with Gasteiger partial charge < -0.3 is 10.0 Å². The number of aliphatic hydroxyl groups is 1. The van der Waals surface area contributed by atoms with Gasteiger partial charge >= 0.3 is 0 Å². The predicted octanol–water partition coefficient (Wildman–Crippen LogP) is 6.11. The highest BCUT2D eigenvalue weighted by atomic mass is 16.3. The van der Waals surface area contributed by atoms with E-state index in [1.807, 2.05) is 30.3 Å². The summed E-state index contributed by atoms with van der Waals surface area (Å²) in [6.07, 6.45) is 6.59. The van der Waals surface area contributed by atoms with Gasteiger partial charge in [0.2, 0.25) is 0 Å². The van der Waals surface area contributed by atoms with Crippen molar-refractivity contribution in [2.24, 2.45) is 0 Å². The second kappa shape index (κ2) is 9.49. The average molecular weight is 400 g/mol. The van der Waals surface area contributed by atoms with Crippen molar-refractivity contribution in [1.82, 2.24) is 0 Å². The molecule has 0 bridgehead atoms. The van der Waals surface area contributed by atoms with Gasteiger partial charge in [-0.1, -0.05) is 80.1 Å². The lowest BCUT2D eigenvalue weighted by molar-refractivity contribution is 0.0809. The molecular formula is C28H33NO. The first kappa shape index (κ1) is 20.7. The van der Waals surface area contributed by atoms with Gasteiger partial charge in [0.05, 0.1) is 0 Å². The molecule has 1 N–H and O–H groups in total. The number of nitrogens with zero attached hydrogens (tertiary/aromatic N) is 1. The van der Waals surface area contributed by atoms with E-state index in [0.29, 0.717) is 6.42 Å². The maximum Gasteiger partial charge on any atom is 0.119 e. The largest absolute Gasteiger partial charge is 0.380 e. The number of aryl methyl sites for hydroxylation is 1. The third-order valence-corrected chi connectivity index (χ3v) is 6.40. The van der Waals surface area contributed by atoms with E-state index in [0.717, 1.165) is 37.1 Å². The molecule has 3 aromatic rings. The van der Waals surface area contributed by atoms with Crippen LogP contribution in [0.1, 0.15) is 54.9 Å². The smallest absolute Gasteiger partial charge is 0.119 e. The number of rotatable bonds is 7. The van der Waals surface area contributed by atoms with Gasteiger partial charge in [-0.05, 0) is 60.1 Å². The molecule has 1 saturated heterocycles. The molecule has 1 fully saturated rings. The summed E-state index contributed by atoms with van der Waals surface area (Å²) in [5, 5.41) is 12.1. The minimum absolute atomic E-state index is 0.580. The second-order valence-corrected chi connectivity index (χ2v) is 8.52.